The Labute approximate surface area is 611 Å². The molecule has 0 radical (unpaired) electrons. The summed E-state index contributed by atoms with van der Waals surface area (Å²) < 4.78 is 68.7. The van der Waals surface area contributed by atoms with Gasteiger partial charge < -0.3 is 33.8 Å². The molecule has 0 amide bonds. The number of esters is 4. The van der Waals surface area contributed by atoms with E-state index in [-0.39, 0.29) is 25.7 Å². The van der Waals surface area contributed by atoms with Crippen molar-refractivity contribution in [2.75, 3.05) is 39.6 Å². The van der Waals surface area contributed by atoms with Gasteiger partial charge in [-0.2, -0.15) is 0 Å². The Hall–Kier alpha value is -2.72. The predicted octanol–water partition coefficient (Wildman–Crippen LogP) is 23.9. The Morgan fingerprint density at radius 1 is 0.270 bits per heavy atom. The topological polar surface area (TPSA) is 237 Å². The summed E-state index contributed by atoms with van der Waals surface area (Å²) in [5, 5.41) is 10.6. The van der Waals surface area contributed by atoms with Gasteiger partial charge in [-0.25, -0.2) is 9.13 Å². The summed E-state index contributed by atoms with van der Waals surface area (Å²) >= 11 is 0. The minimum absolute atomic E-state index is 0.0928. The zero-order chi connectivity index (χ0) is 73.2. The van der Waals surface area contributed by atoms with Gasteiger partial charge in [0, 0.05) is 25.7 Å². The monoisotopic (exact) mass is 1460 g/mol. The lowest BCUT2D eigenvalue weighted by Crippen LogP contribution is -2.30. The quantitative estimate of drug-likeness (QED) is 0.0169. The third-order valence-corrected chi connectivity index (χ3v) is 20.0. The molecule has 0 bridgehead atoms. The van der Waals surface area contributed by atoms with Crippen LogP contribution in [0.3, 0.4) is 0 Å². The lowest BCUT2D eigenvalue weighted by atomic mass is 10.0. The van der Waals surface area contributed by atoms with Gasteiger partial charge in [-0.3, -0.25) is 37.3 Å². The molecule has 0 fully saturated rings. The summed E-state index contributed by atoms with van der Waals surface area (Å²) in [4.78, 5) is 73.0. The number of unbranched alkanes of at least 4 members (excludes halogenated alkanes) is 47. The number of allylic oxidation sites excluding steroid dienone is 6. The van der Waals surface area contributed by atoms with Crippen molar-refractivity contribution in [2.45, 2.75) is 418 Å². The first-order valence-electron chi connectivity index (χ1n) is 41.2. The molecule has 0 aromatic rings. The fourth-order valence-corrected chi connectivity index (χ4v) is 13.3. The Kier molecular flexibility index (Phi) is 72.5. The van der Waals surface area contributed by atoms with Crippen LogP contribution in [0.4, 0.5) is 0 Å². The largest absolute Gasteiger partial charge is 0.472 e. The van der Waals surface area contributed by atoms with Gasteiger partial charge in [0.2, 0.25) is 0 Å². The van der Waals surface area contributed by atoms with Gasteiger partial charge in [-0.1, -0.05) is 308 Å². The molecule has 100 heavy (non-hydrogen) atoms. The highest BCUT2D eigenvalue weighted by Gasteiger charge is 2.30. The first-order valence-corrected chi connectivity index (χ1v) is 44.2. The minimum atomic E-state index is -4.97. The van der Waals surface area contributed by atoms with Crippen molar-refractivity contribution >= 4 is 39.5 Å². The summed E-state index contributed by atoms with van der Waals surface area (Å²) in [7, 11) is -9.94. The van der Waals surface area contributed by atoms with Crippen LogP contribution in [0, 0.1) is 0 Å². The van der Waals surface area contributed by atoms with Crippen LogP contribution >= 0.6 is 15.6 Å². The third kappa shape index (κ3) is 73.6. The Balaban J connectivity index is 5.32. The molecular formula is C81H152O17P2. The highest BCUT2D eigenvalue weighted by molar-refractivity contribution is 7.47. The molecule has 0 aliphatic carbocycles. The molecule has 2 unspecified atom stereocenters. The Morgan fingerprint density at radius 2 is 0.460 bits per heavy atom. The summed E-state index contributed by atoms with van der Waals surface area (Å²) in [5.74, 6) is -2.15. The molecule has 19 heteroatoms. The third-order valence-electron chi connectivity index (χ3n) is 18.1. The maximum Gasteiger partial charge on any atom is 0.472 e. The molecule has 5 atom stereocenters. The van der Waals surface area contributed by atoms with Crippen LogP contribution in [0.1, 0.15) is 400 Å². The number of carbonyl (C=O) groups is 4. The smallest absolute Gasteiger partial charge is 0.462 e. The highest BCUT2D eigenvalue weighted by atomic mass is 31.2. The van der Waals surface area contributed by atoms with Gasteiger partial charge >= 0.3 is 39.5 Å². The highest BCUT2D eigenvalue weighted by Crippen LogP contribution is 2.45. The van der Waals surface area contributed by atoms with E-state index in [4.69, 9.17) is 37.0 Å². The molecule has 3 N–H and O–H groups in total. The lowest BCUT2D eigenvalue weighted by molar-refractivity contribution is -0.161. The summed E-state index contributed by atoms with van der Waals surface area (Å²) in [6.07, 6.45) is 71.1. The van der Waals surface area contributed by atoms with E-state index in [1.807, 2.05) is 0 Å². The van der Waals surface area contributed by atoms with Crippen LogP contribution < -0.4 is 0 Å². The first-order chi connectivity index (χ1) is 48.7. The number of ether oxygens (including phenoxy) is 4. The number of hydrogen-bond donors (Lipinski definition) is 3. The summed E-state index contributed by atoms with van der Waals surface area (Å²) in [5.41, 5.74) is 0. The molecular weight excluding hydrogens is 1310 g/mol. The van der Waals surface area contributed by atoms with Crippen molar-refractivity contribution < 1.29 is 80.2 Å². The van der Waals surface area contributed by atoms with Gasteiger partial charge in [-0.05, 0) is 103 Å². The standard InChI is InChI=1S/C81H152O17P2/c1-5-9-13-17-21-25-29-33-37-41-45-49-53-57-61-65-78(83)91-71-76(97-80(85)67-63-59-55-51-47-43-39-35-31-27-23-19-15-11-7-3)73-95-99(87,88)93-69-75(82)70-94-100(89,90)96-74-77(98-81(86)68-64-60-56-52-48-44-40-36-32-28-24-20-16-12-8-4)72-92-79(84)66-62-58-54-50-46-42-38-34-30-26-22-18-14-10-6-2/h27,31,33,36-37,40,75-77,82H,5-26,28-30,32,34-35,38-39,41-74H2,1-4H3,(H,87,88)(H,89,90)/b31-27-,37-33-,40-36-/t75-,76-,77-/m1/s1. The summed E-state index contributed by atoms with van der Waals surface area (Å²) in [6, 6.07) is 0. The first kappa shape index (κ1) is 97.3. The van der Waals surface area contributed by atoms with Crippen LogP contribution in [0.2, 0.25) is 0 Å². The van der Waals surface area contributed by atoms with E-state index in [1.165, 1.54) is 173 Å². The Morgan fingerprint density at radius 3 is 0.700 bits per heavy atom. The lowest BCUT2D eigenvalue weighted by Gasteiger charge is -2.21. The van der Waals surface area contributed by atoms with Gasteiger partial charge in [0.1, 0.15) is 19.3 Å². The van der Waals surface area contributed by atoms with Gasteiger partial charge in [0.25, 0.3) is 0 Å². The van der Waals surface area contributed by atoms with Gasteiger partial charge in [-0.15, -0.1) is 0 Å². The van der Waals surface area contributed by atoms with Crippen molar-refractivity contribution in [1.82, 2.24) is 0 Å². The van der Waals surface area contributed by atoms with E-state index < -0.39 is 97.5 Å². The maximum absolute atomic E-state index is 13.1. The van der Waals surface area contributed by atoms with Crippen molar-refractivity contribution in [3.8, 4) is 0 Å². The van der Waals surface area contributed by atoms with Crippen LogP contribution in [0.5, 0.6) is 0 Å². The maximum atomic E-state index is 13.1. The predicted molar refractivity (Wildman–Crippen MR) is 409 cm³/mol. The van der Waals surface area contributed by atoms with Crippen molar-refractivity contribution in [3.05, 3.63) is 36.5 Å². The van der Waals surface area contributed by atoms with Crippen LogP contribution in [-0.2, 0) is 65.4 Å². The van der Waals surface area contributed by atoms with Crippen LogP contribution in [0.15, 0.2) is 36.5 Å². The van der Waals surface area contributed by atoms with Crippen LogP contribution in [0.25, 0.3) is 0 Å². The number of phosphoric ester groups is 2. The average molecular weight is 1460 g/mol. The minimum Gasteiger partial charge on any atom is -0.462 e. The molecule has 0 saturated heterocycles. The van der Waals surface area contributed by atoms with E-state index in [2.05, 4.69) is 64.2 Å². The number of carbonyl (C=O) groups excluding carboxylic acids is 4. The molecule has 0 aromatic heterocycles. The zero-order valence-corrected chi connectivity index (χ0v) is 66.2. The molecule has 0 spiro atoms. The Bertz CT molecular complexity index is 2040. The zero-order valence-electron chi connectivity index (χ0n) is 64.4. The SMILES string of the molecule is CCCCCC/C=C\CCCCCCCCCC(=O)O[C@H](COC(=O)CCCCCCC/C=C\CCCCCCCC)COP(=O)(O)OC[C@@H](O)COP(=O)(O)OC[C@@H](COC(=O)CCCCCCCCCCCCCCCCC)OC(=O)CCCCCCC/C=C\CCCCCCCC. The molecule has 0 aliphatic heterocycles. The second-order valence-electron chi connectivity index (χ2n) is 28.1. The van der Waals surface area contributed by atoms with E-state index in [9.17, 15) is 43.2 Å². The van der Waals surface area contributed by atoms with E-state index in [0.717, 1.165) is 148 Å². The van der Waals surface area contributed by atoms with Gasteiger partial charge in [0.15, 0.2) is 12.2 Å². The average Bonchev–Trinajstić information content (AvgIpc) is 1.25. The fourth-order valence-electron chi connectivity index (χ4n) is 11.7. The molecule has 0 heterocycles. The molecule has 0 saturated carbocycles. The number of aliphatic hydroxyl groups is 1. The molecule has 0 aliphatic rings. The van der Waals surface area contributed by atoms with E-state index in [1.54, 1.807) is 0 Å². The molecule has 0 rings (SSSR count). The number of rotatable bonds is 79. The van der Waals surface area contributed by atoms with Crippen molar-refractivity contribution in [1.29, 1.82) is 0 Å². The van der Waals surface area contributed by atoms with Crippen molar-refractivity contribution in [2.24, 2.45) is 0 Å². The summed E-state index contributed by atoms with van der Waals surface area (Å²) in [6.45, 7) is 4.94. The fraction of sp³-hybridized carbons (Fsp3) is 0.877. The van der Waals surface area contributed by atoms with E-state index in [0.29, 0.717) is 25.7 Å². The molecule has 588 valence electrons. The van der Waals surface area contributed by atoms with Crippen LogP contribution in [-0.4, -0.2) is 96.7 Å². The van der Waals surface area contributed by atoms with Crippen molar-refractivity contribution in [3.63, 3.8) is 0 Å². The van der Waals surface area contributed by atoms with E-state index >= 15 is 0 Å². The number of aliphatic hydroxyl groups excluding tert-OH is 1. The second kappa shape index (κ2) is 74.5. The number of hydrogen-bond acceptors (Lipinski definition) is 15. The molecule has 0 aromatic carbocycles. The van der Waals surface area contributed by atoms with Gasteiger partial charge in [0.05, 0.1) is 26.4 Å². The second-order valence-corrected chi connectivity index (χ2v) is 31.0. The molecule has 17 nitrogen and oxygen atoms in total. The normalized spacial score (nSPS) is 14.0. The number of phosphoric acid groups is 2.